The number of carbonyl (C=O) groups excluding carboxylic acids is 2. The smallest absolute Gasteiger partial charge is 0.434 e. The Morgan fingerprint density at radius 1 is 0.950 bits per heavy atom. The number of aliphatic imine (C=N–C) groups is 1. The highest BCUT2D eigenvalue weighted by Gasteiger charge is 2.50. The maximum atomic E-state index is 13.6. The topological polar surface area (TPSA) is 121 Å². The van der Waals surface area contributed by atoms with Gasteiger partial charge in [-0.25, -0.2) is 4.79 Å². The Labute approximate surface area is 233 Å². The number of benzene rings is 2. The third-order valence-electron chi connectivity index (χ3n) is 8.98. The van der Waals surface area contributed by atoms with Gasteiger partial charge in [-0.3, -0.25) is 9.59 Å². The van der Waals surface area contributed by atoms with Gasteiger partial charge in [0.2, 0.25) is 0 Å². The molecular formula is C32H35N3O5. The van der Waals surface area contributed by atoms with E-state index in [1.165, 1.54) is 6.42 Å². The standard InChI is InChI=1S/C32H35N3O5/c36-29(37)17-25(15-19-6-2-1-3-7-19)34-31(38)28(16-24-18-33-27-9-5-4-8-26(24)27)35-32(39)40-30-22-11-20-10-21(13-22)14-23(30)12-20/h1-9,18,20-23,25,30,33H,10-17H2,(H,34,38)(H,36,37)/b35-28-/t20?,21?,22?,23?,25-,30?/m0/s1. The van der Waals surface area contributed by atoms with Crippen LogP contribution in [0.25, 0.3) is 10.9 Å². The first-order valence-electron chi connectivity index (χ1n) is 14.3. The van der Waals surface area contributed by atoms with Gasteiger partial charge < -0.3 is 20.1 Å². The number of aromatic nitrogens is 1. The van der Waals surface area contributed by atoms with E-state index in [9.17, 15) is 19.5 Å². The van der Waals surface area contributed by atoms with E-state index in [1.54, 1.807) is 0 Å². The molecule has 3 N–H and O–H groups in total. The first kappa shape index (κ1) is 26.3. The highest BCUT2D eigenvalue weighted by Crippen LogP contribution is 2.54. The fourth-order valence-corrected chi connectivity index (χ4v) is 7.50. The summed E-state index contributed by atoms with van der Waals surface area (Å²) < 4.78 is 5.97. The molecule has 8 nitrogen and oxygen atoms in total. The van der Waals surface area contributed by atoms with E-state index in [-0.39, 0.29) is 24.7 Å². The molecule has 1 aromatic heterocycles. The summed E-state index contributed by atoms with van der Waals surface area (Å²) in [7, 11) is 0. The SMILES string of the molecule is O=C(O)C[C@H](Cc1ccccc1)NC(=O)/C(Cc1c[nH]c2ccccc12)=N\C(=O)OC1C2CC3CC(C2)CC1C3. The third kappa shape index (κ3) is 5.81. The molecule has 8 heteroatoms. The fourth-order valence-electron chi connectivity index (χ4n) is 7.50. The second-order valence-electron chi connectivity index (χ2n) is 11.8. The second kappa shape index (κ2) is 11.3. The van der Waals surface area contributed by atoms with Crippen LogP contribution in [0.2, 0.25) is 0 Å². The minimum absolute atomic E-state index is 0.0158. The molecule has 0 saturated heterocycles. The van der Waals surface area contributed by atoms with Crippen LogP contribution in [0, 0.1) is 23.7 Å². The van der Waals surface area contributed by atoms with Crippen LogP contribution < -0.4 is 5.32 Å². The van der Waals surface area contributed by atoms with Crippen LogP contribution in [0.4, 0.5) is 4.79 Å². The average Bonchev–Trinajstić information content (AvgIpc) is 3.33. The summed E-state index contributed by atoms with van der Waals surface area (Å²) in [6.45, 7) is 0. The second-order valence-corrected chi connectivity index (χ2v) is 11.8. The van der Waals surface area contributed by atoms with Crippen molar-refractivity contribution >= 4 is 34.6 Å². The molecule has 1 heterocycles. The lowest BCUT2D eigenvalue weighted by atomic mass is 9.55. The third-order valence-corrected chi connectivity index (χ3v) is 8.98. The van der Waals surface area contributed by atoms with Crippen molar-refractivity contribution in [3.05, 3.63) is 71.9 Å². The van der Waals surface area contributed by atoms with Gasteiger partial charge in [0.05, 0.1) is 6.42 Å². The lowest BCUT2D eigenvalue weighted by molar-refractivity contribution is -0.137. The van der Waals surface area contributed by atoms with Crippen molar-refractivity contribution < 1.29 is 24.2 Å². The normalized spacial score (nSPS) is 26.0. The molecule has 0 spiro atoms. The molecule has 4 aliphatic rings. The van der Waals surface area contributed by atoms with Crippen molar-refractivity contribution in [3.8, 4) is 0 Å². The Balaban J connectivity index is 1.23. The van der Waals surface area contributed by atoms with E-state index in [1.807, 2.05) is 60.8 Å². The number of H-pyrrole nitrogens is 1. The zero-order chi connectivity index (χ0) is 27.6. The molecule has 1 atom stereocenters. The number of nitrogens with one attached hydrogen (secondary N) is 2. The number of carboxylic acids is 1. The maximum Gasteiger partial charge on any atom is 0.434 e. The quantitative estimate of drug-likeness (QED) is 0.317. The number of fused-ring (bicyclic) bond motifs is 1. The van der Waals surface area contributed by atoms with Crippen LogP contribution in [-0.4, -0.2) is 45.9 Å². The van der Waals surface area contributed by atoms with Gasteiger partial charge in [-0.2, -0.15) is 4.99 Å². The van der Waals surface area contributed by atoms with Gasteiger partial charge in [-0.1, -0.05) is 48.5 Å². The Hall–Kier alpha value is -3.94. The van der Waals surface area contributed by atoms with E-state index >= 15 is 0 Å². The summed E-state index contributed by atoms with van der Waals surface area (Å²) in [6, 6.07) is 16.5. The van der Waals surface area contributed by atoms with Crippen LogP contribution >= 0.6 is 0 Å². The van der Waals surface area contributed by atoms with Crippen LogP contribution in [-0.2, 0) is 27.2 Å². The summed E-state index contributed by atoms with van der Waals surface area (Å²) >= 11 is 0. The molecule has 7 rings (SSSR count). The lowest BCUT2D eigenvalue weighted by Crippen LogP contribution is -2.50. The molecule has 4 saturated carbocycles. The van der Waals surface area contributed by atoms with E-state index < -0.39 is 24.0 Å². The minimum Gasteiger partial charge on any atom is -0.481 e. The number of aromatic amines is 1. The van der Waals surface area contributed by atoms with Crippen LogP contribution in [0.1, 0.15) is 49.7 Å². The molecule has 2 amide bonds. The monoisotopic (exact) mass is 541 g/mol. The van der Waals surface area contributed by atoms with Gasteiger partial charge in [0.1, 0.15) is 11.8 Å². The summed E-state index contributed by atoms with van der Waals surface area (Å²) in [5, 5.41) is 13.3. The number of aliphatic carboxylic acids is 1. The van der Waals surface area contributed by atoms with Gasteiger partial charge in [0, 0.05) is 29.6 Å². The van der Waals surface area contributed by atoms with Crippen LogP contribution in [0.15, 0.2) is 65.8 Å². The largest absolute Gasteiger partial charge is 0.481 e. The summed E-state index contributed by atoms with van der Waals surface area (Å²) in [5.41, 5.74) is 2.67. The van der Waals surface area contributed by atoms with Crippen molar-refractivity contribution in [1.29, 1.82) is 0 Å². The fraction of sp³-hybridized carbons (Fsp3) is 0.438. The predicted octanol–water partition coefficient (Wildman–Crippen LogP) is 5.31. The van der Waals surface area contributed by atoms with E-state index in [0.717, 1.165) is 59.5 Å². The highest BCUT2D eigenvalue weighted by atomic mass is 16.6. The summed E-state index contributed by atoms with van der Waals surface area (Å²) in [4.78, 5) is 45.9. The van der Waals surface area contributed by atoms with Crippen molar-refractivity contribution in [1.82, 2.24) is 10.3 Å². The molecule has 0 aliphatic heterocycles. The Morgan fingerprint density at radius 2 is 1.62 bits per heavy atom. The summed E-state index contributed by atoms with van der Waals surface area (Å²) in [5.74, 6) is 0.686. The van der Waals surface area contributed by atoms with Crippen molar-refractivity contribution in [2.24, 2.45) is 28.7 Å². The van der Waals surface area contributed by atoms with E-state index in [0.29, 0.717) is 18.3 Å². The van der Waals surface area contributed by atoms with Crippen LogP contribution in [0.5, 0.6) is 0 Å². The lowest BCUT2D eigenvalue weighted by Gasteiger charge is -2.53. The average molecular weight is 542 g/mol. The zero-order valence-electron chi connectivity index (χ0n) is 22.4. The van der Waals surface area contributed by atoms with Crippen molar-refractivity contribution in [2.75, 3.05) is 0 Å². The number of hydrogen-bond acceptors (Lipinski definition) is 4. The Kier molecular flexibility index (Phi) is 7.41. The molecule has 208 valence electrons. The highest BCUT2D eigenvalue weighted by molar-refractivity contribution is 6.41. The van der Waals surface area contributed by atoms with Crippen LogP contribution in [0.3, 0.4) is 0 Å². The molecule has 4 bridgehead atoms. The first-order valence-corrected chi connectivity index (χ1v) is 14.3. The van der Waals surface area contributed by atoms with Gasteiger partial charge in [0.15, 0.2) is 0 Å². The first-order chi connectivity index (χ1) is 19.4. The number of carboxylic acid groups (broad SMARTS) is 1. The summed E-state index contributed by atoms with van der Waals surface area (Å²) in [6.07, 6.45) is 6.87. The van der Waals surface area contributed by atoms with Gasteiger partial charge in [0.25, 0.3) is 5.91 Å². The number of rotatable bonds is 9. The molecule has 2 aromatic carbocycles. The van der Waals surface area contributed by atoms with Gasteiger partial charge in [-0.15, -0.1) is 0 Å². The maximum absolute atomic E-state index is 13.6. The molecule has 3 aromatic rings. The molecule has 4 aliphatic carbocycles. The zero-order valence-corrected chi connectivity index (χ0v) is 22.4. The van der Waals surface area contributed by atoms with Crippen molar-refractivity contribution in [3.63, 3.8) is 0 Å². The number of para-hydroxylation sites is 1. The van der Waals surface area contributed by atoms with Gasteiger partial charge >= 0.3 is 12.1 Å². The number of ether oxygens (including phenoxy) is 1. The molecule has 0 unspecified atom stereocenters. The molecule has 0 radical (unpaired) electrons. The molecule has 4 fully saturated rings. The minimum atomic E-state index is -1.02. The Morgan fingerprint density at radius 3 is 2.33 bits per heavy atom. The van der Waals surface area contributed by atoms with E-state index in [4.69, 9.17) is 4.74 Å². The van der Waals surface area contributed by atoms with Crippen molar-refractivity contribution in [2.45, 2.75) is 63.5 Å². The number of carbonyl (C=O) groups is 3. The number of hydrogen-bond donors (Lipinski definition) is 3. The molecule has 40 heavy (non-hydrogen) atoms. The predicted molar refractivity (Wildman–Crippen MR) is 151 cm³/mol. The van der Waals surface area contributed by atoms with E-state index in [2.05, 4.69) is 15.3 Å². The van der Waals surface area contributed by atoms with Gasteiger partial charge in [-0.05, 0) is 79.4 Å². The number of amides is 2. The molecular weight excluding hydrogens is 506 g/mol. The number of nitrogens with zero attached hydrogens (tertiary/aromatic N) is 1. The Bertz CT molecular complexity index is 1400.